The molecular formula is C14H15F3N2O4. The van der Waals surface area contributed by atoms with E-state index in [1.54, 1.807) is 0 Å². The molecule has 0 spiro atoms. The van der Waals surface area contributed by atoms with E-state index in [9.17, 15) is 18.0 Å². The molecule has 0 bridgehead atoms. The van der Waals surface area contributed by atoms with Gasteiger partial charge in [0.25, 0.3) is 0 Å². The van der Waals surface area contributed by atoms with Gasteiger partial charge in [-0.05, 0) is 32.0 Å². The largest absolute Gasteiger partial charge is 0.490 e. The van der Waals surface area contributed by atoms with Crippen LogP contribution in [0.2, 0.25) is 0 Å². The van der Waals surface area contributed by atoms with Crippen LogP contribution < -0.4 is 10.2 Å². The molecule has 0 aliphatic carbocycles. The van der Waals surface area contributed by atoms with Crippen LogP contribution in [0.25, 0.3) is 0 Å². The quantitative estimate of drug-likeness (QED) is 0.887. The van der Waals surface area contributed by atoms with Crippen LogP contribution in [0.4, 0.5) is 18.0 Å². The Morgan fingerprint density at radius 2 is 2.17 bits per heavy atom. The lowest BCUT2D eigenvalue weighted by Gasteiger charge is -2.22. The van der Waals surface area contributed by atoms with Gasteiger partial charge in [0.2, 0.25) is 0 Å². The van der Waals surface area contributed by atoms with Gasteiger partial charge in [-0.2, -0.15) is 18.3 Å². The third-order valence-electron chi connectivity index (χ3n) is 3.00. The highest BCUT2D eigenvalue weighted by molar-refractivity contribution is 6.06. The van der Waals surface area contributed by atoms with Crippen molar-refractivity contribution in [3.8, 4) is 5.75 Å². The molecule has 1 aliphatic rings. The molecule has 6 nitrogen and oxygen atoms in total. The van der Waals surface area contributed by atoms with Crippen molar-refractivity contribution in [1.82, 2.24) is 5.43 Å². The number of ether oxygens (including phenoxy) is 2. The molecule has 1 aromatic rings. The van der Waals surface area contributed by atoms with Crippen LogP contribution in [0.5, 0.6) is 5.75 Å². The van der Waals surface area contributed by atoms with Gasteiger partial charge in [-0.3, -0.25) is 0 Å². The summed E-state index contributed by atoms with van der Waals surface area (Å²) in [7, 11) is 0. The fraction of sp³-hybridized carbons (Fsp3) is 0.429. The lowest BCUT2D eigenvalue weighted by atomic mass is 10.0. The van der Waals surface area contributed by atoms with Crippen molar-refractivity contribution in [3.63, 3.8) is 0 Å². The number of hydrogen-bond acceptors (Lipinski definition) is 5. The summed E-state index contributed by atoms with van der Waals surface area (Å²) in [4.78, 5) is 11.0. The van der Waals surface area contributed by atoms with Gasteiger partial charge in [-0.25, -0.2) is 10.2 Å². The number of halogens is 3. The zero-order valence-electron chi connectivity index (χ0n) is 12.3. The lowest BCUT2D eigenvalue weighted by Crippen LogP contribution is -2.37. The van der Waals surface area contributed by atoms with Gasteiger partial charge < -0.3 is 14.6 Å². The number of carbonyl (C=O) groups is 1. The third kappa shape index (κ3) is 4.13. The van der Waals surface area contributed by atoms with Gasteiger partial charge in [-0.15, -0.1) is 0 Å². The number of nitrogens with one attached hydrogen (secondary N) is 1. The summed E-state index contributed by atoms with van der Waals surface area (Å²) in [5, 5.41) is 12.9. The molecule has 1 heterocycles. The van der Waals surface area contributed by atoms with Crippen LogP contribution in [-0.2, 0) is 10.9 Å². The molecule has 2 atom stereocenters. The fourth-order valence-electron chi connectivity index (χ4n) is 1.99. The highest BCUT2D eigenvalue weighted by Crippen LogP contribution is 2.37. The van der Waals surface area contributed by atoms with Crippen molar-refractivity contribution in [3.05, 3.63) is 29.3 Å². The van der Waals surface area contributed by atoms with Crippen molar-refractivity contribution in [2.45, 2.75) is 32.2 Å². The second kappa shape index (κ2) is 6.45. The van der Waals surface area contributed by atoms with E-state index in [1.807, 2.05) is 0 Å². The predicted molar refractivity (Wildman–Crippen MR) is 74.2 cm³/mol. The summed E-state index contributed by atoms with van der Waals surface area (Å²) in [5.41, 5.74) is 1.37. The first-order chi connectivity index (χ1) is 10.7. The maximum atomic E-state index is 13.2. The average molecular weight is 332 g/mol. The smallest absolute Gasteiger partial charge is 0.428 e. The highest BCUT2D eigenvalue weighted by Gasteiger charge is 2.36. The zero-order chi connectivity index (χ0) is 17.2. The van der Waals surface area contributed by atoms with Crippen LogP contribution in [0.3, 0.4) is 0 Å². The topological polar surface area (TPSA) is 80.2 Å². The fourth-order valence-corrected chi connectivity index (χ4v) is 1.99. The second-order valence-electron chi connectivity index (χ2n) is 5.03. The number of amides is 1. The maximum absolute atomic E-state index is 13.2. The number of cyclic esters (lactones) is 1. The number of benzene rings is 1. The summed E-state index contributed by atoms with van der Waals surface area (Å²) in [6.07, 6.45) is -7.10. The molecule has 9 heteroatoms. The van der Waals surface area contributed by atoms with Crippen molar-refractivity contribution in [1.29, 1.82) is 0 Å². The number of nitrogens with zero attached hydrogens (tertiary/aromatic N) is 1. The molecule has 0 unspecified atom stereocenters. The normalized spacial score (nSPS) is 19.5. The molecule has 126 valence electrons. The number of hydrazone groups is 1. The van der Waals surface area contributed by atoms with E-state index in [0.717, 1.165) is 12.1 Å². The monoisotopic (exact) mass is 332 g/mol. The molecule has 0 radical (unpaired) electrons. The summed E-state index contributed by atoms with van der Waals surface area (Å²) >= 11 is 0. The van der Waals surface area contributed by atoms with Crippen molar-refractivity contribution in [2.24, 2.45) is 5.10 Å². The predicted octanol–water partition coefficient (Wildman–Crippen LogP) is 2.30. The first-order valence-electron chi connectivity index (χ1n) is 6.75. The molecular weight excluding hydrogens is 317 g/mol. The summed E-state index contributed by atoms with van der Waals surface area (Å²) < 4.78 is 49.4. The first kappa shape index (κ1) is 17.1. The second-order valence-corrected chi connectivity index (χ2v) is 5.03. The van der Waals surface area contributed by atoms with Crippen molar-refractivity contribution in [2.75, 3.05) is 6.61 Å². The molecule has 23 heavy (non-hydrogen) atoms. The standard InChI is InChI=1S/C14H15F3N2O4/c1-7(20)6-22-11-4-3-9(5-10(11)14(15,16)17)12-8(2)23-13(21)19-18-12/h3-5,7-8,20H,6H2,1-2H3,(H,19,21)/t7-,8-/m0/s1. The van der Waals surface area contributed by atoms with E-state index in [4.69, 9.17) is 14.6 Å². The first-order valence-corrected chi connectivity index (χ1v) is 6.75. The zero-order valence-corrected chi connectivity index (χ0v) is 12.3. The molecule has 0 saturated carbocycles. The van der Waals surface area contributed by atoms with Crippen LogP contribution in [0.1, 0.15) is 25.0 Å². The SMILES string of the molecule is C[C@H](O)COc1ccc(C2=NNC(=O)O[C@H]2C)cc1C(F)(F)F. The molecule has 0 fully saturated rings. The number of aliphatic hydroxyl groups excluding tert-OH is 1. The average Bonchev–Trinajstić information content (AvgIpc) is 2.44. The Hall–Kier alpha value is -2.29. The van der Waals surface area contributed by atoms with Gasteiger partial charge in [-0.1, -0.05) is 0 Å². The van der Waals surface area contributed by atoms with Crippen molar-refractivity contribution < 1.29 is 32.5 Å². The minimum Gasteiger partial charge on any atom is -0.490 e. The van der Waals surface area contributed by atoms with E-state index >= 15 is 0 Å². The van der Waals surface area contributed by atoms with Gasteiger partial charge in [0, 0.05) is 5.56 Å². The Morgan fingerprint density at radius 3 is 2.74 bits per heavy atom. The molecule has 1 aliphatic heterocycles. The minimum absolute atomic E-state index is 0.147. The number of hydrogen-bond donors (Lipinski definition) is 2. The maximum Gasteiger partial charge on any atom is 0.428 e. The number of carbonyl (C=O) groups excluding carboxylic acids is 1. The Balaban J connectivity index is 2.38. The van der Waals surface area contributed by atoms with Gasteiger partial charge >= 0.3 is 12.3 Å². The van der Waals surface area contributed by atoms with Gasteiger partial charge in [0.15, 0.2) is 0 Å². The van der Waals surface area contributed by atoms with E-state index in [1.165, 1.54) is 19.9 Å². The molecule has 0 saturated heterocycles. The van der Waals surface area contributed by atoms with E-state index in [0.29, 0.717) is 0 Å². The number of rotatable bonds is 4. The molecule has 2 N–H and O–H groups in total. The molecule has 2 rings (SSSR count). The Kier molecular flexibility index (Phi) is 4.79. The Morgan fingerprint density at radius 1 is 1.48 bits per heavy atom. The highest BCUT2D eigenvalue weighted by atomic mass is 19.4. The number of aliphatic hydroxyl groups is 1. The summed E-state index contributed by atoms with van der Waals surface area (Å²) in [6.45, 7) is 2.64. The summed E-state index contributed by atoms with van der Waals surface area (Å²) in [6, 6.07) is 3.39. The Bertz CT molecular complexity index is 629. The lowest BCUT2D eigenvalue weighted by molar-refractivity contribution is -0.139. The van der Waals surface area contributed by atoms with Crippen LogP contribution in [0.15, 0.2) is 23.3 Å². The van der Waals surface area contributed by atoms with Crippen LogP contribution in [-0.4, -0.2) is 35.7 Å². The van der Waals surface area contributed by atoms with E-state index < -0.39 is 35.8 Å². The summed E-state index contributed by atoms with van der Waals surface area (Å²) in [5.74, 6) is -0.392. The van der Waals surface area contributed by atoms with E-state index in [2.05, 4.69) is 10.5 Å². The molecule has 1 aromatic carbocycles. The van der Waals surface area contributed by atoms with Crippen LogP contribution in [0, 0.1) is 0 Å². The minimum atomic E-state index is -4.65. The number of alkyl halides is 3. The van der Waals surface area contributed by atoms with Crippen molar-refractivity contribution >= 4 is 11.8 Å². The molecule has 0 aromatic heterocycles. The Labute approximate surface area is 129 Å². The van der Waals surface area contributed by atoms with Gasteiger partial charge in [0.05, 0.1) is 11.7 Å². The van der Waals surface area contributed by atoms with Gasteiger partial charge in [0.1, 0.15) is 24.2 Å². The molecule has 1 amide bonds. The van der Waals surface area contributed by atoms with E-state index in [-0.39, 0.29) is 17.9 Å². The third-order valence-corrected chi connectivity index (χ3v) is 3.00. The van der Waals surface area contributed by atoms with Crippen LogP contribution >= 0.6 is 0 Å².